The summed E-state index contributed by atoms with van der Waals surface area (Å²) in [6.45, 7) is 3.52. The highest BCUT2D eigenvalue weighted by molar-refractivity contribution is 5.80. The lowest BCUT2D eigenvalue weighted by molar-refractivity contribution is -0.127. The minimum absolute atomic E-state index is 0.0260. The third-order valence-electron chi connectivity index (χ3n) is 2.33. The van der Waals surface area contributed by atoms with E-state index in [1.54, 1.807) is 0 Å². The molecule has 0 aromatic carbocycles. The fourth-order valence-corrected chi connectivity index (χ4v) is 1.20. The van der Waals surface area contributed by atoms with Gasteiger partial charge in [0.25, 0.3) is 0 Å². The molecule has 0 radical (unpaired) electrons. The van der Waals surface area contributed by atoms with E-state index in [0.717, 1.165) is 19.5 Å². The third kappa shape index (κ3) is 2.71. The number of rotatable bonds is 4. The Labute approximate surface area is 78.3 Å². The first-order valence-corrected chi connectivity index (χ1v) is 4.66. The van der Waals surface area contributed by atoms with Gasteiger partial charge in [-0.3, -0.25) is 4.79 Å². The van der Waals surface area contributed by atoms with Gasteiger partial charge in [0.1, 0.15) is 0 Å². The third-order valence-corrected chi connectivity index (χ3v) is 2.33. The van der Waals surface area contributed by atoms with Crippen molar-refractivity contribution in [3.8, 4) is 6.07 Å². The summed E-state index contributed by atoms with van der Waals surface area (Å²) in [5, 5.41) is 14.4. The van der Waals surface area contributed by atoms with Crippen LogP contribution in [0, 0.1) is 17.2 Å². The van der Waals surface area contributed by atoms with Crippen LogP contribution in [0.3, 0.4) is 0 Å². The fraction of sp³-hybridized carbons (Fsp3) is 0.778. The maximum absolute atomic E-state index is 11.4. The Morgan fingerprint density at radius 2 is 2.46 bits per heavy atom. The predicted molar refractivity (Wildman–Crippen MR) is 48.8 cm³/mol. The number of nitrogens with one attached hydrogen (secondary N) is 2. The van der Waals surface area contributed by atoms with Gasteiger partial charge in [0.15, 0.2) is 0 Å². The van der Waals surface area contributed by atoms with Gasteiger partial charge in [-0.15, -0.1) is 0 Å². The predicted octanol–water partition coefficient (Wildman–Crippen LogP) is 0.0143. The minimum atomic E-state index is 0.0260. The van der Waals surface area contributed by atoms with Crippen molar-refractivity contribution in [3.63, 3.8) is 0 Å². The Kier molecular flexibility index (Phi) is 3.71. The number of carbonyl (C=O) groups is 1. The normalized spacial score (nSPS) is 18.5. The van der Waals surface area contributed by atoms with Gasteiger partial charge in [-0.05, 0) is 6.42 Å². The van der Waals surface area contributed by atoms with Crippen LogP contribution in [-0.2, 0) is 4.79 Å². The zero-order valence-electron chi connectivity index (χ0n) is 7.84. The van der Waals surface area contributed by atoms with Crippen LogP contribution in [-0.4, -0.2) is 25.0 Å². The summed E-state index contributed by atoms with van der Waals surface area (Å²) >= 11 is 0. The fourth-order valence-electron chi connectivity index (χ4n) is 1.20. The summed E-state index contributed by atoms with van der Waals surface area (Å²) in [7, 11) is 0. The number of amides is 1. The van der Waals surface area contributed by atoms with Gasteiger partial charge in [-0.1, -0.05) is 6.92 Å². The van der Waals surface area contributed by atoms with Gasteiger partial charge in [0.2, 0.25) is 5.91 Å². The molecule has 4 heteroatoms. The topological polar surface area (TPSA) is 64.9 Å². The quantitative estimate of drug-likeness (QED) is 0.642. The highest BCUT2D eigenvalue weighted by Gasteiger charge is 2.25. The van der Waals surface area contributed by atoms with Crippen LogP contribution in [0.2, 0.25) is 0 Å². The SMILES string of the molecule is CCC(CC#N)NC(=O)C1CNC1. The molecule has 0 saturated carbocycles. The molecule has 1 amide bonds. The van der Waals surface area contributed by atoms with Crippen LogP contribution >= 0.6 is 0 Å². The molecule has 0 spiro atoms. The first-order valence-electron chi connectivity index (χ1n) is 4.66. The van der Waals surface area contributed by atoms with Crippen molar-refractivity contribution in [3.05, 3.63) is 0 Å². The molecule has 1 heterocycles. The average Bonchev–Trinajstić information content (AvgIpc) is 2.00. The molecule has 1 atom stereocenters. The van der Waals surface area contributed by atoms with E-state index in [9.17, 15) is 4.79 Å². The van der Waals surface area contributed by atoms with E-state index in [1.165, 1.54) is 0 Å². The Hall–Kier alpha value is -1.08. The van der Waals surface area contributed by atoms with Crippen LogP contribution in [0.4, 0.5) is 0 Å². The first-order chi connectivity index (χ1) is 6.27. The van der Waals surface area contributed by atoms with Gasteiger partial charge in [-0.25, -0.2) is 0 Å². The van der Waals surface area contributed by atoms with Gasteiger partial charge < -0.3 is 10.6 Å². The molecule has 1 rings (SSSR count). The van der Waals surface area contributed by atoms with Crippen LogP contribution in [0.25, 0.3) is 0 Å². The van der Waals surface area contributed by atoms with Gasteiger partial charge in [-0.2, -0.15) is 5.26 Å². The molecule has 1 unspecified atom stereocenters. The zero-order chi connectivity index (χ0) is 9.68. The molecule has 1 aliphatic rings. The molecule has 0 aromatic heterocycles. The van der Waals surface area contributed by atoms with Crippen LogP contribution in [0.15, 0.2) is 0 Å². The monoisotopic (exact) mass is 181 g/mol. The van der Waals surface area contributed by atoms with Gasteiger partial charge >= 0.3 is 0 Å². The zero-order valence-corrected chi connectivity index (χ0v) is 7.84. The lowest BCUT2D eigenvalue weighted by atomic mass is 10.0. The maximum Gasteiger partial charge on any atom is 0.225 e. The molecule has 13 heavy (non-hydrogen) atoms. The average molecular weight is 181 g/mol. The first kappa shape index (κ1) is 10.0. The molecule has 2 N–H and O–H groups in total. The Bertz CT molecular complexity index is 217. The molecular weight excluding hydrogens is 166 g/mol. The van der Waals surface area contributed by atoms with E-state index in [4.69, 9.17) is 5.26 Å². The summed E-state index contributed by atoms with van der Waals surface area (Å²) in [6, 6.07) is 2.09. The van der Waals surface area contributed by atoms with Crippen molar-refractivity contribution in [1.82, 2.24) is 10.6 Å². The summed E-state index contributed by atoms with van der Waals surface area (Å²) in [6.07, 6.45) is 1.22. The lowest BCUT2D eigenvalue weighted by Crippen LogP contribution is -2.52. The van der Waals surface area contributed by atoms with Gasteiger partial charge in [0.05, 0.1) is 18.4 Å². The van der Waals surface area contributed by atoms with Gasteiger partial charge in [0, 0.05) is 19.1 Å². The number of nitriles is 1. The standard InChI is InChI=1S/C9H15N3O/c1-2-8(3-4-10)12-9(13)7-5-11-6-7/h7-8,11H,2-3,5-6H2,1H3,(H,12,13). The molecule has 0 bridgehead atoms. The summed E-state index contributed by atoms with van der Waals surface area (Å²) in [4.78, 5) is 11.4. The minimum Gasteiger partial charge on any atom is -0.352 e. The highest BCUT2D eigenvalue weighted by Crippen LogP contribution is 2.04. The Morgan fingerprint density at radius 1 is 1.77 bits per heavy atom. The second-order valence-corrected chi connectivity index (χ2v) is 3.33. The molecule has 0 aromatic rings. The van der Waals surface area contributed by atoms with E-state index in [2.05, 4.69) is 16.7 Å². The summed E-state index contributed by atoms with van der Waals surface area (Å²) in [5.41, 5.74) is 0. The molecular formula is C9H15N3O. The largest absolute Gasteiger partial charge is 0.352 e. The Morgan fingerprint density at radius 3 is 2.85 bits per heavy atom. The molecule has 0 aliphatic carbocycles. The molecule has 1 aliphatic heterocycles. The van der Waals surface area contributed by atoms with Crippen molar-refractivity contribution >= 4 is 5.91 Å². The van der Waals surface area contributed by atoms with Crippen molar-refractivity contribution in [1.29, 1.82) is 5.26 Å². The molecule has 1 saturated heterocycles. The van der Waals surface area contributed by atoms with Crippen LogP contribution in [0.1, 0.15) is 19.8 Å². The summed E-state index contributed by atoms with van der Waals surface area (Å²) in [5.74, 6) is 0.202. The number of carbonyl (C=O) groups excluding carboxylic acids is 1. The smallest absolute Gasteiger partial charge is 0.225 e. The number of nitrogens with zero attached hydrogens (tertiary/aromatic N) is 1. The van der Waals surface area contributed by atoms with E-state index in [-0.39, 0.29) is 17.9 Å². The van der Waals surface area contributed by atoms with Crippen LogP contribution in [0.5, 0.6) is 0 Å². The van der Waals surface area contributed by atoms with E-state index in [0.29, 0.717) is 6.42 Å². The van der Waals surface area contributed by atoms with Crippen molar-refractivity contribution in [2.75, 3.05) is 13.1 Å². The van der Waals surface area contributed by atoms with E-state index in [1.807, 2.05) is 6.92 Å². The lowest BCUT2D eigenvalue weighted by Gasteiger charge is -2.27. The van der Waals surface area contributed by atoms with E-state index >= 15 is 0 Å². The van der Waals surface area contributed by atoms with E-state index < -0.39 is 0 Å². The number of hydrogen-bond acceptors (Lipinski definition) is 3. The second kappa shape index (κ2) is 4.83. The molecule has 1 fully saturated rings. The van der Waals surface area contributed by atoms with Crippen molar-refractivity contribution in [2.45, 2.75) is 25.8 Å². The second-order valence-electron chi connectivity index (χ2n) is 3.33. The Balaban J connectivity index is 2.28. The summed E-state index contributed by atoms with van der Waals surface area (Å²) < 4.78 is 0. The molecule has 72 valence electrons. The van der Waals surface area contributed by atoms with Crippen molar-refractivity contribution < 1.29 is 4.79 Å². The highest BCUT2D eigenvalue weighted by atomic mass is 16.2. The van der Waals surface area contributed by atoms with Crippen LogP contribution < -0.4 is 10.6 Å². The number of hydrogen-bond donors (Lipinski definition) is 2. The maximum atomic E-state index is 11.4. The van der Waals surface area contributed by atoms with Crippen molar-refractivity contribution in [2.24, 2.45) is 5.92 Å². The molecule has 4 nitrogen and oxygen atoms in total.